The molecule has 162 valence electrons. The van der Waals surface area contributed by atoms with Gasteiger partial charge in [0.1, 0.15) is 17.6 Å². The van der Waals surface area contributed by atoms with Gasteiger partial charge in [0.25, 0.3) is 0 Å². The van der Waals surface area contributed by atoms with Crippen LogP contribution in [0.5, 0.6) is 0 Å². The molecule has 3 heterocycles. The van der Waals surface area contributed by atoms with Gasteiger partial charge in [-0.25, -0.2) is 9.18 Å². The van der Waals surface area contributed by atoms with E-state index in [1.165, 1.54) is 23.1 Å². The molecule has 0 saturated carbocycles. The van der Waals surface area contributed by atoms with Crippen LogP contribution in [-0.4, -0.2) is 50.5 Å². The number of aromatic nitrogens is 5. The summed E-state index contributed by atoms with van der Waals surface area (Å²) in [6.07, 6.45) is -0.370. The van der Waals surface area contributed by atoms with Gasteiger partial charge in [-0.05, 0) is 29.0 Å². The molecule has 12 nitrogen and oxygen atoms in total. The number of carbonyl (C=O) groups excluding carboxylic acids is 1. The van der Waals surface area contributed by atoms with Crippen LogP contribution in [0.1, 0.15) is 0 Å². The van der Waals surface area contributed by atoms with E-state index in [1.807, 2.05) is 0 Å². The van der Waals surface area contributed by atoms with E-state index < -0.39 is 32.4 Å². The molecule has 1 aliphatic rings. The summed E-state index contributed by atoms with van der Waals surface area (Å²) in [5.41, 5.74) is 1.58. The number of ether oxygens (including phenoxy) is 1. The van der Waals surface area contributed by atoms with Crippen molar-refractivity contribution in [2.75, 3.05) is 18.1 Å². The van der Waals surface area contributed by atoms with E-state index in [0.29, 0.717) is 22.6 Å². The summed E-state index contributed by atoms with van der Waals surface area (Å²) in [7, 11) is -3.57. The third-order valence-electron chi connectivity index (χ3n) is 4.37. The van der Waals surface area contributed by atoms with Crippen molar-refractivity contribution in [2.24, 2.45) is 7.05 Å². The Kier molecular flexibility index (Phi) is 9.71. The van der Waals surface area contributed by atoms with Crippen molar-refractivity contribution in [1.29, 1.82) is 0 Å². The van der Waals surface area contributed by atoms with Crippen LogP contribution in [0.15, 0.2) is 36.5 Å². The van der Waals surface area contributed by atoms with Crippen molar-refractivity contribution in [3.05, 3.63) is 42.3 Å². The number of nitrogens with zero attached hydrogens (tertiary/aromatic N) is 6. The zero-order valence-corrected chi connectivity index (χ0v) is 22.8. The van der Waals surface area contributed by atoms with Crippen molar-refractivity contribution in [1.82, 2.24) is 25.2 Å². The van der Waals surface area contributed by atoms with E-state index in [9.17, 15) is 23.5 Å². The summed E-state index contributed by atoms with van der Waals surface area (Å²) in [6.45, 7) is -0.804. The predicted octanol–water partition coefficient (Wildman–Crippen LogP) is -5.74. The van der Waals surface area contributed by atoms with Gasteiger partial charge < -0.3 is 23.6 Å². The molecule has 0 bridgehead atoms. The van der Waals surface area contributed by atoms with Crippen LogP contribution in [0, 0.1) is 5.82 Å². The fourth-order valence-electron chi connectivity index (χ4n) is 2.97. The number of phosphoric ester groups is 1. The van der Waals surface area contributed by atoms with E-state index >= 15 is 0 Å². The number of tetrazole rings is 1. The number of cyclic esters (lactones) is 1. The maximum absolute atomic E-state index is 14.7. The number of rotatable bonds is 6. The molecule has 2 aromatic heterocycles. The molecule has 33 heavy (non-hydrogen) atoms. The van der Waals surface area contributed by atoms with E-state index in [4.69, 9.17) is 4.74 Å². The Labute approximate surface area is 231 Å². The number of amides is 1. The van der Waals surface area contributed by atoms with Gasteiger partial charge in [0.15, 0.2) is 0 Å². The molecular weight excluding hydrogens is 480 g/mol. The Morgan fingerprint density at radius 2 is 1.97 bits per heavy atom. The van der Waals surface area contributed by atoms with Gasteiger partial charge in [-0.15, -0.1) is 10.2 Å². The molecule has 1 aromatic carbocycles. The number of pyridine rings is 1. The van der Waals surface area contributed by atoms with Gasteiger partial charge in [-0.2, -0.15) is 4.80 Å². The van der Waals surface area contributed by atoms with Crippen LogP contribution in [0.25, 0.3) is 22.6 Å². The van der Waals surface area contributed by atoms with Crippen molar-refractivity contribution in [3.63, 3.8) is 0 Å². The minimum Gasteiger partial charge on any atom is -0.790 e. The Balaban J connectivity index is 0.00000193. The number of hydrogen-bond acceptors (Lipinski definition) is 10. The molecule has 1 fully saturated rings. The summed E-state index contributed by atoms with van der Waals surface area (Å²) in [6, 6.07) is 7.60. The van der Waals surface area contributed by atoms with Crippen molar-refractivity contribution >= 4 is 19.6 Å². The monoisotopic (exact) mass is 494 g/mol. The number of halogens is 1. The Bertz CT molecular complexity index is 1180. The molecule has 1 atom stereocenters. The van der Waals surface area contributed by atoms with E-state index in [1.54, 1.807) is 25.2 Å². The largest absolute Gasteiger partial charge is 1.00 e. The predicted molar refractivity (Wildman–Crippen MR) is 98.6 cm³/mol. The molecule has 4 rings (SSSR count). The zero-order chi connectivity index (χ0) is 22.2. The van der Waals surface area contributed by atoms with E-state index in [-0.39, 0.29) is 71.3 Å². The number of benzene rings is 1. The molecule has 0 N–H and O–H groups in total. The number of carbonyl (C=O) groups is 1. The second-order valence-electron chi connectivity index (χ2n) is 6.56. The third kappa shape index (κ3) is 6.89. The smallest absolute Gasteiger partial charge is 0.790 e. The van der Waals surface area contributed by atoms with Crippen LogP contribution in [0.3, 0.4) is 0 Å². The summed E-state index contributed by atoms with van der Waals surface area (Å²) in [5.74, 6) is -0.346. The normalized spacial score (nSPS) is 15.6. The summed E-state index contributed by atoms with van der Waals surface area (Å²) < 4.78 is 34.3. The van der Waals surface area contributed by atoms with Crippen LogP contribution in [-0.2, 0) is 20.9 Å². The van der Waals surface area contributed by atoms with Crippen LogP contribution < -0.4 is 73.8 Å². The second kappa shape index (κ2) is 11.5. The first-order valence-corrected chi connectivity index (χ1v) is 10.3. The Morgan fingerprint density at radius 3 is 2.55 bits per heavy atom. The average Bonchev–Trinajstić information content (AvgIpc) is 3.31. The van der Waals surface area contributed by atoms with Gasteiger partial charge in [0.2, 0.25) is 5.82 Å². The average molecular weight is 494 g/mol. The molecule has 16 heteroatoms. The number of phosphoric acid groups is 1. The first-order chi connectivity index (χ1) is 14.7. The fraction of sp³-hybridized carbons (Fsp3) is 0.235. The standard InChI is InChI=1S/C17H16FN6O6P.2Na/c1-23-21-16(20-22-23)14-4-2-11(7-19-14)10-3-5-15(13(18)6-10)24-8-12(30-17(24)25)9-29-31(26,27)28;;/h2-7,12H,8-9H2,1H3,(H2,26,27,28);;/q;2*+1/p-2/t12-;;/m1../s1. The summed E-state index contributed by atoms with van der Waals surface area (Å²) in [4.78, 5) is 39.7. The number of anilines is 1. The zero-order valence-electron chi connectivity index (χ0n) is 17.9. The maximum Gasteiger partial charge on any atom is 1.00 e. The second-order valence-corrected chi connectivity index (χ2v) is 7.71. The van der Waals surface area contributed by atoms with Crippen molar-refractivity contribution in [2.45, 2.75) is 6.10 Å². The molecule has 1 aliphatic heterocycles. The molecule has 1 saturated heterocycles. The first-order valence-electron chi connectivity index (χ1n) is 8.85. The third-order valence-corrected chi connectivity index (χ3v) is 4.83. The van der Waals surface area contributed by atoms with Gasteiger partial charge >= 0.3 is 65.2 Å². The quantitative estimate of drug-likeness (QED) is 0.239. The van der Waals surface area contributed by atoms with Gasteiger partial charge in [0.05, 0.1) is 33.7 Å². The minimum absolute atomic E-state index is 0. The van der Waals surface area contributed by atoms with Crippen LogP contribution >= 0.6 is 7.82 Å². The molecule has 3 aromatic rings. The summed E-state index contributed by atoms with van der Waals surface area (Å²) >= 11 is 0. The SMILES string of the molecule is Cn1nnc(-c2ccc(-c3ccc(N4C[C@H](COP(=O)([O-])[O-])OC4=O)c(F)c3)cn2)n1.[Na+].[Na+]. The Hall–Kier alpha value is -1.25. The van der Waals surface area contributed by atoms with Crippen LogP contribution in [0.4, 0.5) is 14.9 Å². The number of aryl methyl sites for hydroxylation is 1. The van der Waals surface area contributed by atoms with Gasteiger partial charge in [-0.1, -0.05) is 12.1 Å². The van der Waals surface area contributed by atoms with Crippen molar-refractivity contribution < 1.29 is 91.9 Å². The molecule has 0 unspecified atom stereocenters. The number of hydrogen-bond donors (Lipinski definition) is 0. The van der Waals surface area contributed by atoms with E-state index in [2.05, 4.69) is 24.9 Å². The van der Waals surface area contributed by atoms with E-state index in [0.717, 1.165) is 4.90 Å². The maximum atomic E-state index is 14.7. The molecule has 1 amide bonds. The molecule has 0 radical (unpaired) electrons. The molecule has 0 spiro atoms. The molecular formula is C17H14FN6Na2O6P. The fourth-order valence-corrected chi connectivity index (χ4v) is 3.32. The Morgan fingerprint density at radius 1 is 1.24 bits per heavy atom. The minimum atomic E-state index is -5.20. The first kappa shape index (κ1) is 28.0. The van der Waals surface area contributed by atoms with Gasteiger partial charge in [0, 0.05) is 11.8 Å². The summed E-state index contributed by atoms with van der Waals surface area (Å²) in [5, 5.41) is 11.7. The van der Waals surface area contributed by atoms with Gasteiger partial charge in [-0.3, -0.25) is 9.88 Å². The topological polar surface area (TPSA) is 158 Å². The van der Waals surface area contributed by atoms with Crippen molar-refractivity contribution in [3.8, 4) is 22.6 Å². The van der Waals surface area contributed by atoms with Crippen LogP contribution in [0.2, 0.25) is 0 Å². The molecule has 0 aliphatic carbocycles.